The van der Waals surface area contributed by atoms with Crippen molar-refractivity contribution >= 4 is 17.1 Å². The quantitative estimate of drug-likeness (QED) is 0.635. The first-order valence-corrected chi connectivity index (χ1v) is 8.11. The molecule has 0 N–H and O–H groups in total. The molecule has 2 aromatic heterocycles. The van der Waals surface area contributed by atoms with E-state index in [1.807, 2.05) is 4.57 Å². The second kappa shape index (κ2) is 6.76. The Kier molecular flexibility index (Phi) is 4.52. The van der Waals surface area contributed by atoms with Gasteiger partial charge in [0, 0.05) is 20.1 Å². The molecule has 2 aromatic rings. The summed E-state index contributed by atoms with van der Waals surface area (Å²) in [6.07, 6.45) is 3.47. The number of piperidine rings is 1. The molecular formula is C17H20N6O. The molecule has 0 aliphatic carbocycles. The Morgan fingerprint density at radius 3 is 2.67 bits per heavy atom. The molecule has 0 bridgehead atoms. The van der Waals surface area contributed by atoms with Crippen LogP contribution in [0, 0.1) is 18.4 Å². The lowest BCUT2D eigenvalue weighted by Gasteiger charge is -2.27. The van der Waals surface area contributed by atoms with Gasteiger partial charge in [0.05, 0.1) is 6.54 Å². The van der Waals surface area contributed by atoms with Gasteiger partial charge in [-0.05, 0) is 26.2 Å². The Hall–Kier alpha value is -2.80. The van der Waals surface area contributed by atoms with E-state index in [0.717, 1.165) is 31.9 Å². The van der Waals surface area contributed by atoms with Gasteiger partial charge in [0.15, 0.2) is 17.0 Å². The fourth-order valence-electron chi connectivity index (χ4n) is 3.05. The Morgan fingerprint density at radius 1 is 1.25 bits per heavy atom. The molecule has 0 atom stereocenters. The Morgan fingerprint density at radius 2 is 2.00 bits per heavy atom. The number of anilines is 1. The van der Waals surface area contributed by atoms with Crippen LogP contribution >= 0.6 is 0 Å². The minimum absolute atomic E-state index is 0.0718. The number of hydrogen-bond donors (Lipinski definition) is 0. The maximum Gasteiger partial charge on any atom is 0.279 e. The van der Waals surface area contributed by atoms with Crippen molar-refractivity contribution in [3.8, 4) is 11.8 Å². The number of aromatic nitrogens is 4. The lowest BCUT2D eigenvalue weighted by Crippen LogP contribution is -2.32. The van der Waals surface area contributed by atoms with Gasteiger partial charge in [-0.3, -0.25) is 13.9 Å². The van der Waals surface area contributed by atoms with E-state index in [2.05, 4.69) is 31.6 Å². The van der Waals surface area contributed by atoms with Crippen LogP contribution in [0.2, 0.25) is 0 Å². The average molecular weight is 324 g/mol. The summed E-state index contributed by atoms with van der Waals surface area (Å²) < 4.78 is 3.31. The Bertz CT molecular complexity index is 915. The van der Waals surface area contributed by atoms with Crippen molar-refractivity contribution in [3.63, 3.8) is 0 Å². The molecule has 24 heavy (non-hydrogen) atoms. The van der Waals surface area contributed by atoms with Crippen molar-refractivity contribution < 1.29 is 0 Å². The van der Waals surface area contributed by atoms with E-state index in [-0.39, 0.29) is 12.1 Å². The van der Waals surface area contributed by atoms with Gasteiger partial charge in [0.2, 0.25) is 5.95 Å². The monoisotopic (exact) mass is 324 g/mol. The zero-order valence-corrected chi connectivity index (χ0v) is 14.0. The van der Waals surface area contributed by atoms with Gasteiger partial charge in [-0.25, -0.2) is 11.6 Å². The summed E-state index contributed by atoms with van der Waals surface area (Å²) in [5.74, 6) is 7.12. The van der Waals surface area contributed by atoms with Crippen molar-refractivity contribution in [2.24, 2.45) is 7.05 Å². The van der Waals surface area contributed by atoms with Crippen molar-refractivity contribution in [1.29, 1.82) is 0 Å². The Balaban J connectivity index is 2.23. The molecule has 0 unspecified atom stereocenters. The highest BCUT2D eigenvalue weighted by Gasteiger charge is 2.23. The van der Waals surface area contributed by atoms with Gasteiger partial charge < -0.3 is 9.74 Å². The number of imidazole rings is 1. The summed E-state index contributed by atoms with van der Waals surface area (Å²) in [4.78, 5) is 27.4. The van der Waals surface area contributed by atoms with E-state index in [1.165, 1.54) is 11.0 Å². The molecule has 7 heteroatoms. The minimum Gasteiger partial charge on any atom is -0.342 e. The molecule has 1 fully saturated rings. The maximum absolute atomic E-state index is 12.8. The first kappa shape index (κ1) is 16.1. The van der Waals surface area contributed by atoms with Crippen molar-refractivity contribution in [3.05, 3.63) is 27.6 Å². The molecule has 0 spiro atoms. The molecule has 0 aromatic carbocycles. The number of fused-ring (bicyclic) bond motifs is 1. The minimum atomic E-state index is -0.174. The topological polar surface area (TPSA) is 60.3 Å². The predicted octanol–water partition coefficient (Wildman–Crippen LogP) is 1.56. The van der Waals surface area contributed by atoms with Crippen LogP contribution in [0.5, 0.6) is 0 Å². The van der Waals surface area contributed by atoms with E-state index >= 15 is 0 Å². The van der Waals surface area contributed by atoms with E-state index in [4.69, 9.17) is 6.57 Å². The van der Waals surface area contributed by atoms with Gasteiger partial charge >= 0.3 is 0 Å². The molecule has 0 saturated carbocycles. The van der Waals surface area contributed by atoms with Gasteiger partial charge in [-0.15, -0.1) is 5.92 Å². The zero-order chi connectivity index (χ0) is 17.1. The molecular weight excluding hydrogens is 304 g/mol. The lowest BCUT2D eigenvalue weighted by molar-refractivity contribution is 0.561. The third kappa shape index (κ3) is 2.74. The molecule has 0 radical (unpaired) electrons. The largest absolute Gasteiger partial charge is 0.342 e. The van der Waals surface area contributed by atoms with Crippen LogP contribution < -0.4 is 10.5 Å². The summed E-state index contributed by atoms with van der Waals surface area (Å²) in [5.41, 5.74) is 0.706. The van der Waals surface area contributed by atoms with Crippen molar-refractivity contribution in [1.82, 2.24) is 19.1 Å². The van der Waals surface area contributed by atoms with Gasteiger partial charge in [0.25, 0.3) is 12.1 Å². The maximum atomic E-state index is 12.8. The van der Waals surface area contributed by atoms with Gasteiger partial charge in [-0.2, -0.15) is 4.98 Å². The molecule has 1 saturated heterocycles. The third-order valence-electron chi connectivity index (χ3n) is 4.33. The van der Waals surface area contributed by atoms with E-state index in [0.29, 0.717) is 23.5 Å². The molecule has 3 heterocycles. The van der Waals surface area contributed by atoms with Crippen LogP contribution in [-0.2, 0) is 20.1 Å². The Labute approximate surface area is 140 Å². The van der Waals surface area contributed by atoms with Crippen LogP contribution in [0.15, 0.2) is 4.79 Å². The smallest absolute Gasteiger partial charge is 0.279 e. The fraction of sp³-hybridized carbons (Fsp3) is 0.529. The highest BCUT2D eigenvalue weighted by Crippen LogP contribution is 2.23. The molecule has 0 amide bonds. The van der Waals surface area contributed by atoms with Crippen molar-refractivity contribution in [2.75, 3.05) is 18.0 Å². The number of nitrogens with zero attached hydrogens (tertiary/aromatic N) is 6. The van der Waals surface area contributed by atoms with Crippen LogP contribution in [-0.4, -0.2) is 32.2 Å². The SMILES string of the molecule is [C-]#[N+]Cc1nc2nc(N3CCCCC3)n(CC#CC)c2c(=O)n1C. The van der Waals surface area contributed by atoms with Crippen LogP contribution in [0.4, 0.5) is 5.95 Å². The lowest BCUT2D eigenvalue weighted by atomic mass is 10.1. The van der Waals surface area contributed by atoms with Crippen LogP contribution in [0.1, 0.15) is 32.0 Å². The van der Waals surface area contributed by atoms with Crippen LogP contribution in [0.3, 0.4) is 0 Å². The van der Waals surface area contributed by atoms with Gasteiger partial charge in [-0.1, -0.05) is 5.92 Å². The summed E-state index contributed by atoms with van der Waals surface area (Å²) in [6, 6.07) is 0. The van der Waals surface area contributed by atoms with E-state index in [1.54, 1.807) is 14.0 Å². The first-order chi connectivity index (χ1) is 11.7. The number of hydrogen-bond acceptors (Lipinski definition) is 4. The summed E-state index contributed by atoms with van der Waals surface area (Å²) in [6.45, 7) is 11.2. The molecule has 1 aliphatic heterocycles. The zero-order valence-electron chi connectivity index (χ0n) is 14.0. The molecule has 1 aliphatic rings. The standard InChI is InChI=1S/C17H20N6O/c1-4-5-11-23-14-15(19-13(12-18-2)21(3)16(14)24)20-17(23)22-9-7-6-8-10-22/h6-12H2,1,3H3. The summed E-state index contributed by atoms with van der Waals surface area (Å²) >= 11 is 0. The molecule has 7 nitrogen and oxygen atoms in total. The normalized spacial score (nSPS) is 14.3. The van der Waals surface area contributed by atoms with Gasteiger partial charge in [0.1, 0.15) is 0 Å². The van der Waals surface area contributed by atoms with E-state index < -0.39 is 0 Å². The second-order valence-electron chi connectivity index (χ2n) is 5.85. The predicted molar refractivity (Wildman–Crippen MR) is 92.6 cm³/mol. The highest BCUT2D eigenvalue weighted by molar-refractivity contribution is 5.74. The fourth-order valence-corrected chi connectivity index (χ4v) is 3.05. The average Bonchev–Trinajstić information content (AvgIpc) is 2.97. The molecule has 124 valence electrons. The molecule has 3 rings (SSSR count). The van der Waals surface area contributed by atoms with Crippen molar-refractivity contribution in [2.45, 2.75) is 39.3 Å². The highest BCUT2D eigenvalue weighted by atomic mass is 16.1. The first-order valence-electron chi connectivity index (χ1n) is 8.11. The third-order valence-corrected chi connectivity index (χ3v) is 4.33. The number of rotatable bonds is 3. The van der Waals surface area contributed by atoms with E-state index in [9.17, 15) is 4.79 Å². The summed E-state index contributed by atoms with van der Waals surface area (Å²) in [7, 11) is 1.65. The summed E-state index contributed by atoms with van der Waals surface area (Å²) in [5, 5.41) is 0. The van der Waals surface area contributed by atoms with Crippen LogP contribution in [0.25, 0.3) is 16.0 Å². The second-order valence-corrected chi connectivity index (χ2v) is 5.85.